The van der Waals surface area contributed by atoms with Gasteiger partial charge < -0.3 is 9.88 Å². The molecule has 0 unspecified atom stereocenters. The zero-order valence-corrected chi connectivity index (χ0v) is 17.8. The molecule has 0 bridgehead atoms. The van der Waals surface area contributed by atoms with Gasteiger partial charge in [0.1, 0.15) is 10.7 Å². The molecule has 1 amide bonds. The van der Waals surface area contributed by atoms with Crippen LogP contribution in [0.15, 0.2) is 23.1 Å². The summed E-state index contributed by atoms with van der Waals surface area (Å²) < 4.78 is 29.5. The molecule has 0 saturated carbocycles. The van der Waals surface area contributed by atoms with Gasteiger partial charge in [0.2, 0.25) is 10.0 Å². The fourth-order valence-corrected chi connectivity index (χ4v) is 5.25. The second-order valence-corrected chi connectivity index (χ2v) is 9.32. The van der Waals surface area contributed by atoms with Gasteiger partial charge in [-0.05, 0) is 43.3 Å². The second kappa shape index (κ2) is 8.73. The average molecular weight is 444 g/mol. The molecule has 8 nitrogen and oxygen atoms in total. The summed E-state index contributed by atoms with van der Waals surface area (Å²) in [6.45, 7) is 1.28. The summed E-state index contributed by atoms with van der Waals surface area (Å²) in [5.41, 5.74) is 0.246. The Bertz CT molecular complexity index is 1030. The highest BCUT2D eigenvalue weighted by molar-refractivity contribution is 7.89. The molecule has 1 aliphatic rings. The van der Waals surface area contributed by atoms with Crippen molar-refractivity contribution in [2.75, 3.05) is 19.6 Å². The summed E-state index contributed by atoms with van der Waals surface area (Å²) in [6.07, 6.45) is 3.16. The largest absolute Gasteiger partial charge is 0.352 e. The Labute approximate surface area is 173 Å². The number of aromatic amines is 1. The van der Waals surface area contributed by atoms with Gasteiger partial charge in [0.15, 0.2) is 4.77 Å². The van der Waals surface area contributed by atoms with Gasteiger partial charge >= 0.3 is 0 Å². The molecule has 0 aliphatic carbocycles. The minimum atomic E-state index is -3.72. The van der Waals surface area contributed by atoms with E-state index >= 15 is 0 Å². The Kier molecular flexibility index (Phi) is 6.54. The molecule has 28 heavy (non-hydrogen) atoms. The van der Waals surface area contributed by atoms with E-state index in [2.05, 4.69) is 15.5 Å². The number of rotatable bonds is 6. The lowest BCUT2D eigenvalue weighted by Crippen LogP contribution is -2.36. The average Bonchev–Trinajstić information content (AvgIpc) is 3.01. The number of H-pyrrole nitrogens is 1. The van der Waals surface area contributed by atoms with Gasteiger partial charge in [-0.2, -0.15) is 9.40 Å². The number of halogens is 1. The maximum absolute atomic E-state index is 12.9. The van der Waals surface area contributed by atoms with Crippen molar-refractivity contribution in [3.8, 4) is 0 Å². The quantitative estimate of drug-likeness (QED) is 0.667. The van der Waals surface area contributed by atoms with Gasteiger partial charge in [0.05, 0.1) is 5.02 Å². The number of aromatic nitrogens is 3. The van der Waals surface area contributed by atoms with Gasteiger partial charge in [0.25, 0.3) is 5.91 Å². The Morgan fingerprint density at radius 3 is 2.68 bits per heavy atom. The van der Waals surface area contributed by atoms with Crippen LogP contribution in [0.1, 0.15) is 35.4 Å². The molecule has 0 spiro atoms. The van der Waals surface area contributed by atoms with Crippen molar-refractivity contribution in [1.29, 1.82) is 0 Å². The summed E-state index contributed by atoms with van der Waals surface area (Å²) in [6, 6.07) is 4.31. The van der Waals surface area contributed by atoms with E-state index in [0.29, 0.717) is 30.8 Å². The van der Waals surface area contributed by atoms with E-state index in [1.165, 1.54) is 22.5 Å². The number of amides is 1. The van der Waals surface area contributed by atoms with Crippen LogP contribution in [0.4, 0.5) is 0 Å². The van der Waals surface area contributed by atoms with E-state index in [1.807, 2.05) is 0 Å². The monoisotopic (exact) mass is 443 g/mol. The van der Waals surface area contributed by atoms with Crippen LogP contribution in [-0.4, -0.2) is 53.0 Å². The smallest absolute Gasteiger partial charge is 0.251 e. The summed E-state index contributed by atoms with van der Waals surface area (Å²) >= 11 is 11.2. The van der Waals surface area contributed by atoms with Gasteiger partial charge in [-0.3, -0.25) is 9.89 Å². The zero-order chi connectivity index (χ0) is 20.3. The first kappa shape index (κ1) is 21.0. The van der Waals surface area contributed by atoms with Crippen molar-refractivity contribution in [1.82, 2.24) is 24.4 Å². The molecule has 3 rings (SSSR count). The van der Waals surface area contributed by atoms with Crippen LogP contribution in [0.2, 0.25) is 5.02 Å². The van der Waals surface area contributed by atoms with Crippen molar-refractivity contribution in [3.63, 3.8) is 0 Å². The van der Waals surface area contributed by atoms with Crippen LogP contribution in [0.25, 0.3) is 0 Å². The van der Waals surface area contributed by atoms with Crippen molar-refractivity contribution < 1.29 is 13.2 Å². The van der Waals surface area contributed by atoms with Crippen LogP contribution >= 0.6 is 23.8 Å². The molecular formula is C17H22ClN5O3S2. The highest BCUT2D eigenvalue weighted by Crippen LogP contribution is 2.27. The number of carbonyl (C=O) groups is 1. The number of carbonyl (C=O) groups excluding carboxylic acids is 1. The summed E-state index contributed by atoms with van der Waals surface area (Å²) in [5, 5.41) is 9.66. The minimum absolute atomic E-state index is 0.0295. The van der Waals surface area contributed by atoms with Crippen molar-refractivity contribution >= 4 is 39.7 Å². The van der Waals surface area contributed by atoms with E-state index in [-0.39, 0.29) is 21.4 Å². The van der Waals surface area contributed by atoms with Crippen LogP contribution in [-0.2, 0) is 23.5 Å². The normalized spacial score (nSPS) is 15.5. The lowest BCUT2D eigenvalue weighted by atomic mass is 10.2. The number of piperidine rings is 1. The topological polar surface area (TPSA) is 100 Å². The first-order valence-corrected chi connectivity index (χ1v) is 11.2. The summed E-state index contributed by atoms with van der Waals surface area (Å²) in [5.74, 6) is 0.346. The van der Waals surface area contributed by atoms with Crippen LogP contribution < -0.4 is 5.32 Å². The van der Waals surface area contributed by atoms with Crippen LogP contribution in [0.5, 0.6) is 0 Å². The molecule has 2 aromatic rings. The van der Waals surface area contributed by atoms with E-state index < -0.39 is 10.0 Å². The van der Waals surface area contributed by atoms with Gasteiger partial charge in [-0.1, -0.05) is 18.0 Å². The Morgan fingerprint density at radius 2 is 2.04 bits per heavy atom. The lowest BCUT2D eigenvalue weighted by molar-refractivity contribution is 0.0953. The number of nitrogens with one attached hydrogen (secondary N) is 2. The molecule has 1 aliphatic heterocycles. The predicted octanol–water partition coefficient (Wildman–Crippen LogP) is 2.28. The number of benzene rings is 1. The minimum Gasteiger partial charge on any atom is -0.352 e. The first-order valence-electron chi connectivity index (χ1n) is 8.99. The first-order chi connectivity index (χ1) is 13.3. The number of nitrogens with zero attached hydrogens (tertiary/aromatic N) is 3. The molecule has 152 valence electrons. The molecule has 1 saturated heterocycles. The fourth-order valence-electron chi connectivity index (χ4n) is 3.08. The Morgan fingerprint density at radius 1 is 1.32 bits per heavy atom. The molecule has 1 aromatic heterocycles. The van der Waals surface area contributed by atoms with Crippen molar-refractivity contribution in [2.24, 2.45) is 7.05 Å². The third kappa shape index (κ3) is 4.45. The molecule has 0 radical (unpaired) electrons. The second-order valence-electron chi connectivity index (χ2n) is 6.62. The number of sulfonamides is 1. The molecule has 2 heterocycles. The standard InChI is InChI=1S/C17H22ClN5O3S2/c1-22-15(20-21-17(22)27)7-8-19-16(24)12-5-6-13(18)14(11-12)28(25,26)23-9-3-2-4-10-23/h5-6,11H,2-4,7-10H2,1H3,(H,19,24)(H,21,27). The Hall–Kier alpha value is -1.75. The SMILES string of the molecule is Cn1c(CCNC(=O)c2ccc(Cl)c(S(=O)(=O)N3CCCCC3)c2)n[nH]c1=S. The highest BCUT2D eigenvalue weighted by atomic mass is 35.5. The van der Waals surface area contributed by atoms with Gasteiger partial charge in [0, 0.05) is 38.7 Å². The number of hydrogen-bond acceptors (Lipinski definition) is 5. The zero-order valence-electron chi connectivity index (χ0n) is 15.4. The molecule has 1 aromatic carbocycles. The predicted molar refractivity (Wildman–Crippen MR) is 108 cm³/mol. The van der Waals surface area contributed by atoms with Crippen LogP contribution in [0, 0.1) is 4.77 Å². The van der Waals surface area contributed by atoms with E-state index in [4.69, 9.17) is 23.8 Å². The lowest BCUT2D eigenvalue weighted by Gasteiger charge is -2.26. The van der Waals surface area contributed by atoms with E-state index in [0.717, 1.165) is 25.1 Å². The maximum atomic E-state index is 12.9. The van der Waals surface area contributed by atoms with Crippen molar-refractivity contribution in [3.05, 3.63) is 39.4 Å². The maximum Gasteiger partial charge on any atom is 0.251 e. The molecule has 2 N–H and O–H groups in total. The third-order valence-corrected chi connectivity index (χ3v) is 7.48. The van der Waals surface area contributed by atoms with E-state index in [9.17, 15) is 13.2 Å². The van der Waals surface area contributed by atoms with Crippen LogP contribution in [0.3, 0.4) is 0 Å². The summed E-state index contributed by atoms with van der Waals surface area (Å²) in [4.78, 5) is 12.4. The van der Waals surface area contributed by atoms with E-state index in [1.54, 1.807) is 11.6 Å². The summed E-state index contributed by atoms with van der Waals surface area (Å²) in [7, 11) is -1.93. The third-order valence-electron chi connectivity index (χ3n) is 4.73. The molecule has 11 heteroatoms. The Balaban J connectivity index is 1.72. The number of hydrogen-bond donors (Lipinski definition) is 2. The van der Waals surface area contributed by atoms with Gasteiger partial charge in [-0.25, -0.2) is 8.42 Å². The fraction of sp³-hybridized carbons (Fsp3) is 0.471. The molecule has 1 fully saturated rings. The molecule has 0 atom stereocenters. The highest BCUT2D eigenvalue weighted by Gasteiger charge is 2.28. The van der Waals surface area contributed by atoms with Gasteiger partial charge in [-0.15, -0.1) is 0 Å². The van der Waals surface area contributed by atoms with Crippen molar-refractivity contribution in [2.45, 2.75) is 30.6 Å². The molecular weight excluding hydrogens is 422 g/mol.